The van der Waals surface area contributed by atoms with E-state index in [4.69, 9.17) is 0 Å². The molecule has 1 aliphatic rings. The van der Waals surface area contributed by atoms with Crippen LogP contribution in [0.2, 0.25) is 0 Å². The Hall–Kier alpha value is -1.37. The van der Waals surface area contributed by atoms with Gasteiger partial charge < -0.3 is 0 Å². The summed E-state index contributed by atoms with van der Waals surface area (Å²) >= 11 is 0. The second kappa shape index (κ2) is 3.89. The average Bonchev–Trinajstić information content (AvgIpc) is 2.55. The van der Waals surface area contributed by atoms with E-state index < -0.39 is 0 Å². The Morgan fingerprint density at radius 3 is 2.81 bits per heavy atom. The Balaban J connectivity index is 2.43. The lowest BCUT2D eigenvalue weighted by molar-refractivity contribution is -0.104. The maximum atomic E-state index is 10.6. The fraction of sp³-hybridized carbons (Fsp3) is 0.400. The zero-order chi connectivity index (χ0) is 11.8. The van der Waals surface area contributed by atoms with Crippen molar-refractivity contribution >= 4 is 12.4 Å². The Bertz CT molecular complexity index is 453. The molecule has 0 aromatic heterocycles. The average molecular weight is 214 g/mol. The van der Waals surface area contributed by atoms with E-state index in [0.717, 1.165) is 17.4 Å². The number of carbonyl (C=O) groups excluding carboxylic acids is 1. The summed E-state index contributed by atoms with van der Waals surface area (Å²) in [5.74, 6) is 0. The molecule has 0 amide bonds. The third-order valence-electron chi connectivity index (χ3n) is 3.46. The fourth-order valence-corrected chi connectivity index (χ4v) is 2.41. The molecule has 0 unspecified atom stereocenters. The van der Waals surface area contributed by atoms with Crippen LogP contribution in [0.1, 0.15) is 43.9 Å². The highest BCUT2D eigenvalue weighted by molar-refractivity contribution is 5.80. The Morgan fingerprint density at radius 2 is 2.12 bits per heavy atom. The number of hydrogen-bond acceptors (Lipinski definition) is 1. The van der Waals surface area contributed by atoms with Gasteiger partial charge in [-0.05, 0) is 53.5 Å². The molecule has 0 atom stereocenters. The number of carbonyl (C=O) groups is 1. The first-order valence-corrected chi connectivity index (χ1v) is 5.80. The summed E-state index contributed by atoms with van der Waals surface area (Å²) in [7, 11) is 0. The minimum Gasteiger partial charge on any atom is -0.298 e. The predicted octanol–water partition coefficient (Wildman–Crippen LogP) is 3.51. The van der Waals surface area contributed by atoms with Gasteiger partial charge in [-0.1, -0.05) is 32.0 Å². The summed E-state index contributed by atoms with van der Waals surface area (Å²) in [6.07, 6.45) is 5.25. The Labute approximate surface area is 97.2 Å². The van der Waals surface area contributed by atoms with Gasteiger partial charge in [0.05, 0.1) is 0 Å². The van der Waals surface area contributed by atoms with Crippen LogP contribution < -0.4 is 0 Å². The molecule has 0 radical (unpaired) electrons. The van der Waals surface area contributed by atoms with Crippen molar-refractivity contribution in [3.05, 3.63) is 40.5 Å². The van der Waals surface area contributed by atoms with Crippen LogP contribution in [-0.4, -0.2) is 6.29 Å². The highest BCUT2D eigenvalue weighted by Crippen LogP contribution is 2.38. The number of allylic oxidation sites excluding steroid dienone is 1. The van der Waals surface area contributed by atoms with Crippen LogP contribution in [0.5, 0.6) is 0 Å². The number of fused-ring (bicyclic) bond motifs is 1. The third-order valence-corrected chi connectivity index (χ3v) is 3.46. The second-order valence-corrected chi connectivity index (χ2v) is 5.31. The second-order valence-electron chi connectivity index (χ2n) is 5.31. The molecule has 1 aliphatic carbocycles. The fourth-order valence-electron chi connectivity index (χ4n) is 2.41. The van der Waals surface area contributed by atoms with Gasteiger partial charge in [0.1, 0.15) is 6.29 Å². The summed E-state index contributed by atoms with van der Waals surface area (Å²) in [5.41, 5.74) is 5.11. The van der Waals surface area contributed by atoms with Gasteiger partial charge >= 0.3 is 0 Å². The van der Waals surface area contributed by atoms with Crippen molar-refractivity contribution in [3.8, 4) is 0 Å². The van der Waals surface area contributed by atoms with E-state index in [0.29, 0.717) is 0 Å². The molecule has 0 heterocycles. The van der Waals surface area contributed by atoms with Crippen LogP contribution in [0.3, 0.4) is 0 Å². The predicted molar refractivity (Wildman–Crippen MR) is 67.5 cm³/mol. The van der Waals surface area contributed by atoms with E-state index in [1.54, 1.807) is 0 Å². The lowest BCUT2D eigenvalue weighted by atomic mass is 9.86. The molecule has 0 fully saturated rings. The standard InChI is InChI=1S/C15H18O/c1-11(10-16)8-12-4-5-13-6-7-15(2,3)14(13)9-12/h4-5,8-10H,6-7H2,1-3H3. The summed E-state index contributed by atoms with van der Waals surface area (Å²) in [6.45, 7) is 6.42. The Kier molecular flexibility index (Phi) is 2.71. The molecular weight excluding hydrogens is 196 g/mol. The van der Waals surface area contributed by atoms with Gasteiger partial charge in [-0.25, -0.2) is 0 Å². The Morgan fingerprint density at radius 1 is 1.38 bits per heavy atom. The number of aldehydes is 1. The van der Waals surface area contributed by atoms with Gasteiger partial charge in [0.25, 0.3) is 0 Å². The van der Waals surface area contributed by atoms with Crippen molar-refractivity contribution in [1.29, 1.82) is 0 Å². The third kappa shape index (κ3) is 1.95. The van der Waals surface area contributed by atoms with E-state index in [1.165, 1.54) is 24.0 Å². The minimum absolute atomic E-state index is 0.286. The first-order chi connectivity index (χ1) is 7.53. The molecule has 1 nitrogen and oxygen atoms in total. The molecule has 0 aliphatic heterocycles. The normalized spacial score (nSPS) is 18.3. The van der Waals surface area contributed by atoms with Gasteiger partial charge in [0.2, 0.25) is 0 Å². The maximum Gasteiger partial charge on any atom is 0.145 e. The summed E-state index contributed by atoms with van der Waals surface area (Å²) in [6, 6.07) is 6.54. The van der Waals surface area contributed by atoms with E-state index in [-0.39, 0.29) is 5.41 Å². The molecule has 1 heteroatoms. The molecule has 0 saturated heterocycles. The van der Waals surface area contributed by atoms with Crippen LogP contribution in [-0.2, 0) is 16.6 Å². The van der Waals surface area contributed by atoms with Gasteiger partial charge in [0.15, 0.2) is 0 Å². The molecular formula is C15H18O. The lowest BCUT2D eigenvalue weighted by Crippen LogP contribution is -2.11. The SMILES string of the molecule is CC(C=O)=Cc1ccc2c(c1)C(C)(C)CC2. The van der Waals surface area contributed by atoms with Crippen molar-refractivity contribution < 1.29 is 4.79 Å². The van der Waals surface area contributed by atoms with Crippen LogP contribution in [0.4, 0.5) is 0 Å². The number of benzene rings is 1. The largest absolute Gasteiger partial charge is 0.298 e. The van der Waals surface area contributed by atoms with Crippen LogP contribution in [0.15, 0.2) is 23.8 Å². The van der Waals surface area contributed by atoms with Crippen LogP contribution >= 0.6 is 0 Å². The zero-order valence-electron chi connectivity index (χ0n) is 10.2. The van der Waals surface area contributed by atoms with E-state index in [9.17, 15) is 4.79 Å². The lowest BCUT2D eigenvalue weighted by Gasteiger charge is -2.19. The van der Waals surface area contributed by atoms with Crippen molar-refractivity contribution in [2.24, 2.45) is 0 Å². The highest BCUT2D eigenvalue weighted by atomic mass is 16.1. The van der Waals surface area contributed by atoms with Crippen molar-refractivity contribution in [1.82, 2.24) is 0 Å². The van der Waals surface area contributed by atoms with E-state index in [2.05, 4.69) is 32.0 Å². The molecule has 0 spiro atoms. The molecule has 0 bridgehead atoms. The van der Waals surface area contributed by atoms with Gasteiger partial charge in [-0.3, -0.25) is 4.79 Å². The molecule has 1 aromatic rings. The van der Waals surface area contributed by atoms with Crippen molar-refractivity contribution in [2.45, 2.75) is 39.0 Å². The quantitative estimate of drug-likeness (QED) is 0.544. The minimum atomic E-state index is 0.286. The number of hydrogen-bond donors (Lipinski definition) is 0. The van der Waals surface area contributed by atoms with E-state index >= 15 is 0 Å². The summed E-state index contributed by atoms with van der Waals surface area (Å²) in [4.78, 5) is 10.6. The zero-order valence-corrected chi connectivity index (χ0v) is 10.2. The smallest absolute Gasteiger partial charge is 0.145 e. The first kappa shape index (κ1) is 11.1. The molecule has 0 saturated carbocycles. The molecule has 1 aromatic carbocycles. The highest BCUT2D eigenvalue weighted by Gasteiger charge is 2.29. The summed E-state index contributed by atoms with van der Waals surface area (Å²) < 4.78 is 0. The van der Waals surface area contributed by atoms with Gasteiger partial charge in [-0.2, -0.15) is 0 Å². The molecule has 16 heavy (non-hydrogen) atoms. The monoisotopic (exact) mass is 214 g/mol. The van der Waals surface area contributed by atoms with Crippen LogP contribution in [0, 0.1) is 0 Å². The first-order valence-electron chi connectivity index (χ1n) is 5.80. The topological polar surface area (TPSA) is 17.1 Å². The van der Waals surface area contributed by atoms with E-state index in [1.807, 2.05) is 13.0 Å². The molecule has 84 valence electrons. The number of rotatable bonds is 2. The van der Waals surface area contributed by atoms with Crippen molar-refractivity contribution in [3.63, 3.8) is 0 Å². The maximum absolute atomic E-state index is 10.6. The molecule has 0 N–H and O–H groups in total. The molecule has 2 rings (SSSR count). The number of aryl methyl sites for hydroxylation is 1. The van der Waals surface area contributed by atoms with Gasteiger partial charge in [0, 0.05) is 0 Å². The van der Waals surface area contributed by atoms with Gasteiger partial charge in [-0.15, -0.1) is 0 Å². The summed E-state index contributed by atoms with van der Waals surface area (Å²) in [5, 5.41) is 0. The van der Waals surface area contributed by atoms with Crippen LogP contribution in [0.25, 0.3) is 6.08 Å². The van der Waals surface area contributed by atoms with Crippen molar-refractivity contribution in [2.75, 3.05) is 0 Å².